The number of ether oxygens (including phenoxy) is 6. The van der Waals surface area contributed by atoms with Crippen LogP contribution in [0.3, 0.4) is 0 Å². The third kappa shape index (κ3) is 16.1. The number of nitrogens with zero attached hydrogens (tertiary/aromatic N) is 4. The predicted molar refractivity (Wildman–Crippen MR) is 304 cm³/mol. The molecule has 2 atom stereocenters. The first-order chi connectivity index (χ1) is 36.8. The highest BCUT2D eigenvalue weighted by molar-refractivity contribution is 8.77. The van der Waals surface area contributed by atoms with Crippen LogP contribution in [-0.2, 0) is 13.9 Å². The fourth-order valence-electron chi connectivity index (χ4n) is 8.58. The van der Waals surface area contributed by atoms with Crippen molar-refractivity contribution in [2.45, 2.75) is 138 Å². The fraction of sp³-hybridized carbons (Fsp3) is 0.545. The molecule has 20 nitrogen and oxygen atoms in total. The third-order valence-electron chi connectivity index (χ3n) is 14.1. The van der Waals surface area contributed by atoms with E-state index in [1.54, 1.807) is 43.9 Å². The number of methoxy groups -OCH3 is 2. The van der Waals surface area contributed by atoms with Gasteiger partial charge in [0, 0.05) is 31.3 Å². The Kier molecular flexibility index (Phi) is 20.6. The largest absolute Gasteiger partial charge is 0.493 e. The standard InChI is InChI=1S/C55H76N6O14S2Si/c1-35-23-38(32-62)59(30-35)49(63)41-26-45(70-10)47(28-43(41)58-52(66)75-53(3,4)5)72-22-15-13-14-21-71-46-27-42(57-51(65)73-34-55(19-16-20-55)77-76-48-18-17-37(29-56-48)61(67)68)40(25-44(46)69-9)50(64)60-31-36(2)24-39(60)33-74-78(11,12)54(6,7)8/h17-18,25-29,38-39,62H,1-2,13-16,19-24,30-34H2,3-12H3,(H,57,65)(H,58,66)/t38-,39-/m0/s1. The van der Waals surface area contributed by atoms with Crippen LogP contribution < -0.4 is 29.6 Å². The molecule has 426 valence electrons. The van der Waals surface area contributed by atoms with E-state index < -0.39 is 47.7 Å². The molecule has 1 aliphatic carbocycles. The summed E-state index contributed by atoms with van der Waals surface area (Å²) in [6.45, 7) is 25.4. The van der Waals surface area contributed by atoms with E-state index in [0.717, 1.165) is 30.4 Å². The van der Waals surface area contributed by atoms with Crippen molar-refractivity contribution in [3.05, 3.63) is 88.1 Å². The molecule has 0 spiro atoms. The summed E-state index contributed by atoms with van der Waals surface area (Å²) in [6, 6.07) is 8.40. The number of aromatic nitrogens is 1. The third-order valence-corrected chi connectivity index (χ3v) is 21.8. The lowest BCUT2D eigenvalue weighted by atomic mass is 9.85. The first-order valence-electron chi connectivity index (χ1n) is 26.1. The van der Waals surface area contributed by atoms with E-state index >= 15 is 0 Å². The van der Waals surface area contributed by atoms with Crippen LogP contribution >= 0.6 is 21.6 Å². The molecule has 3 aromatic rings. The van der Waals surface area contributed by atoms with Gasteiger partial charge in [-0.05, 0) is 113 Å². The number of aliphatic hydroxyl groups is 1. The van der Waals surface area contributed by atoms with Gasteiger partial charge in [0.15, 0.2) is 31.3 Å². The van der Waals surface area contributed by atoms with Gasteiger partial charge in [-0.1, -0.05) is 62.3 Å². The lowest BCUT2D eigenvalue weighted by Crippen LogP contribution is -2.46. The summed E-state index contributed by atoms with van der Waals surface area (Å²) in [7, 11) is 3.62. The topological polar surface area (TPSA) is 240 Å². The number of pyridine rings is 1. The number of carbonyl (C=O) groups excluding carboxylic acids is 4. The Labute approximate surface area is 466 Å². The molecular weight excluding hydrogens is 1060 g/mol. The van der Waals surface area contributed by atoms with Crippen molar-refractivity contribution >= 4 is 71.0 Å². The van der Waals surface area contributed by atoms with Crippen LogP contribution in [0.1, 0.15) is 114 Å². The molecule has 4 amide bonds. The van der Waals surface area contributed by atoms with Gasteiger partial charge in [0.1, 0.15) is 23.4 Å². The Morgan fingerprint density at radius 2 is 1.36 bits per heavy atom. The minimum Gasteiger partial charge on any atom is -0.493 e. The van der Waals surface area contributed by atoms with Crippen LogP contribution in [-0.4, -0.2) is 140 Å². The van der Waals surface area contributed by atoms with E-state index in [0.29, 0.717) is 50.3 Å². The Balaban J connectivity index is 1.14. The SMILES string of the molecule is C=C1C[C@@H](CO[Si](C)(C)C(C)(C)C)N(C(=O)c2cc(OC)c(OCCCCCOc3cc(NC(=O)OC(C)(C)C)c(C(=O)N4CC(=C)C[C@H]4CO)cc3OC)cc2NC(=O)OCC2(SSc3ccc([N+](=O)[O-])cn3)CCC2)C1. The quantitative estimate of drug-likeness (QED) is 0.0189. The maximum absolute atomic E-state index is 14.7. The number of rotatable bonds is 24. The van der Waals surface area contributed by atoms with E-state index in [1.165, 1.54) is 65.1 Å². The second-order valence-electron chi connectivity index (χ2n) is 22.3. The van der Waals surface area contributed by atoms with Crippen molar-refractivity contribution in [1.82, 2.24) is 14.8 Å². The zero-order valence-corrected chi connectivity index (χ0v) is 49.2. The molecule has 2 aromatic carbocycles. The summed E-state index contributed by atoms with van der Waals surface area (Å²) < 4.78 is 41.5. The van der Waals surface area contributed by atoms with E-state index in [4.69, 9.17) is 32.8 Å². The highest BCUT2D eigenvalue weighted by Gasteiger charge is 2.42. The highest BCUT2D eigenvalue weighted by Crippen LogP contribution is 2.52. The number of anilines is 2. The number of likely N-dealkylation sites (tertiary alicyclic amines) is 2. The molecule has 1 saturated carbocycles. The minimum absolute atomic E-state index is 0.0430. The molecule has 3 N–H and O–H groups in total. The van der Waals surface area contributed by atoms with Crippen molar-refractivity contribution < 1.29 is 62.1 Å². The van der Waals surface area contributed by atoms with Crippen molar-refractivity contribution in [2.24, 2.45) is 0 Å². The van der Waals surface area contributed by atoms with Crippen molar-refractivity contribution in [3.8, 4) is 23.0 Å². The molecule has 2 saturated heterocycles. The van der Waals surface area contributed by atoms with Gasteiger partial charge in [0.25, 0.3) is 17.5 Å². The summed E-state index contributed by atoms with van der Waals surface area (Å²) in [4.78, 5) is 73.6. The smallest absolute Gasteiger partial charge is 0.412 e. The van der Waals surface area contributed by atoms with Gasteiger partial charge in [-0.3, -0.25) is 30.3 Å². The summed E-state index contributed by atoms with van der Waals surface area (Å²) in [5.74, 6) is 0.332. The van der Waals surface area contributed by atoms with Gasteiger partial charge in [-0.25, -0.2) is 14.6 Å². The van der Waals surface area contributed by atoms with Gasteiger partial charge < -0.3 is 47.8 Å². The number of hydrogen-bond donors (Lipinski definition) is 3. The lowest BCUT2D eigenvalue weighted by molar-refractivity contribution is -0.385. The van der Waals surface area contributed by atoms with Gasteiger partial charge in [-0.2, -0.15) is 0 Å². The van der Waals surface area contributed by atoms with E-state index in [1.807, 2.05) is 0 Å². The average Bonchev–Trinajstić information content (AvgIpc) is 3.94. The van der Waals surface area contributed by atoms with Crippen molar-refractivity contribution in [1.29, 1.82) is 0 Å². The molecule has 0 radical (unpaired) electrons. The number of nitro groups is 1. The summed E-state index contributed by atoms with van der Waals surface area (Å²) in [6.07, 6.45) is 4.98. The molecule has 3 aliphatic rings. The molecule has 0 unspecified atom stereocenters. The molecule has 1 aromatic heterocycles. The average molecular weight is 1140 g/mol. The fourth-order valence-corrected chi connectivity index (χ4v) is 12.4. The molecule has 3 fully saturated rings. The number of amides is 4. The Hall–Kier alpha value is -6.01. The summed E-state index contributed by atoms with van der Waals surface area (Å²) in [5, 5.41) is 27.3. The number of carbonyl (C=O) groups is 4. The minimum atomic E-state index is -2.18. The van der Waals surface area contributed by atoms with Crippen LogP contribution in [0.2, 0.25) is 18.1 Å². The van der Waals surface area contributed by atoms with E-state index in [-0.39, 0.29) is 101 Å². The first kappa shape index (κ1) is 61.2. The van der Waals surface area contributed by atoms with Crippen LogP contribution in [0, 0.1) is 10.1 Å². The number of unbranched alkanes of at least 4 members (excludes halogenated alkanes) is 2. The van der Waals surface area contributed by atoms with E-state index in [9.17, 15) is 34.4 Å². The Morgan fingerprint density at radius 1 is 0.821 bits per heavy atom. The van der Waals surface area contributed by atoms with Crippen LogP contribution in [0.5, 0.6) is 23.0 Å². The van der Waals surface area contributed by atoms with Crippen molar-refractivity contribution in [2.75, 3.05) is 71.0 Å². The summed E-state index contributed by atoms with van der Waals surface area (Å²) in [5.41, 5.74) is 1.37. The molecule has 3 heterocycles. The number of nitrogens with one attached hydrogen (secondary N) is 2. The normalized spacial score (nSPS) is 17.3. The second kappa shape index (κ2) is 26.3. The van der Waals surface area contributed by atoms with Gasteiger partial charge >= 0.3 is 12.2 Å². The zero-order valence-electron chi connectivity index (χ0n) is 46.6. The van der Waals surface area contributed by atoms with E-state index in [2.05, 4.69) is 62.6 Å². The molecule has 23 heteroatoms. The maximum Gasteiger partial charge on any atom is 0.412 e. The molecule has 78 heavy (non-hydrogen) atoms. The number of aliphatic hydroxyl groups excluding tert-OH is 1. The molecule has 0 bridgehead atoms. The first-order valence-corrected chi connectivity index (χ1v) is 31.1. The Morgan fingerprint density at radius 3 is 1.82 bits per heavy atom. The van der Waals surface area contributed by atoms with Crippen LogP contribution in [0.25, 0.3) is 0 Å². The monoisotopic (exact) mass is 1140 g/mol. The summed E-state index contributed by atoms with van der Waals surface area (Å²) >= 11 is 0. The second-order valence-corrected chi connectivity index (χ2v) is 29.8. The van der Waals surface area contributed by atoms with Crippen LogP contribution in [0.4, 0.5) is 26.7 Å². The molecular formula is C55H76N6O14S2Si. The predicted octanol–water partition coefficient (Wildman–Crippen LogP) is 11.4. The molecule has 2 aliphatic heterocycles. The van der Waals surface area contributed by atoms with Gasteiger partial charge in [0.05, 0.1) is 84.9 Å². The highest BCUT2D eigenvalue weighted by atomic mass is 33.1. The maximum atomic E-state index is 14.7. The zero-order chi connectivity index (χ0) is 57.2. The number of benzene rings is 2. The lowest BCUT2D eigenvalue weighted by Gasteiger charge is -2.39. The Bertz CT molecular complexity index is 2690. The van der Waals surface area contributed by atoms with Crippen molar-refractivity contribution in [3.63, 3.8) is 0 Å². The van der Waals surface area contributed by atoms with Gasteiger partial charge in [0.2, 0.25) is 0 Å². The van der Waals surface area contributed by atoms with Crippen LogP contribution in [0.15, 0.2) is 71.9 Å². The number of hydrogen-bond acceptors (Lipinski definition) is 17. The van der Waals surface area contributed by atoms with Gasteiger partial charge in [-0.15, -0.1) is 0 Å². The molecule has 6 rings (SSSR count).